The summed E-state index contributed by atoms with van der Waals surface area (Å²) in [5, 5.41) is 5.97. The van der Waals surface area contributed by atoms with Crippen LogP contribution in [0.25, 0.3) is 0 Å². The molecule has 0 aromatic carbocycles. The van der Waals surface area contributed by atoms with Crippen molar-refractivity contribution in [1.29, 1.82) is 0 Å². The van der Waals surface area contributed by atoms with E-state index >= 15 is 0 Å². The molecule has 2 unspecified atom stereocenters. The van der Waals surface area contributed by atoms with Crippen LogP contribution in [0, 0.1) is 0 Å². The number of thioether (sulfide) groups is 2. The maximum atomic E-state index is 12.6. The summed E-state index contributed by atoms with van der Waals surface area (Å²) in [6.45, 7) is 0.0754. The molecule has 154 valence electrons. The number of nitrogens with one attached hydrogen (secondary N) is 2. The molecule has 0 fully saturated rings. The third-order valence-corrected chi connectivity index (χ3v) is 6.17. The second-order valence-corrected chi connectivity index (χ2v) is 8.64. The summed E-state index contributed by atoms with van der Waals surface area (Å²) in [5.41, 5.74) is 10.8. The van der Waals surface area contributed by atoms with Crippen LogP contribution in [0.15, 0.2) is 0 Å². The lowest BCUT2D eigenvalue weighted by Gasteiger charge is -2.20. The molecule has 0 aromatic rings. The minimum Gasteiger partial charge on any atom is -0.368 e. The molecule has 0 rings (SSSR count). The zero-order valence-corrected chi connectivity index (χ0v) is 18.3. The van der Waals surface area contributed by atoms with Gasteiger partial charge in [0.25, 0.3) is 0 Å². The largest absolute Gasteiger partial charge is 0.368 e. The van der Waals surface area contributed by atoms with Crippen LogP contribution in [-0.2, 0) is 14.4 Å². The topological polar surface area (TPSA) is 127 Å². The number of hydrogen-bond donors (Lipinski definition) is 4. The fraction of sp³-hybridized carbons (Fsp3) is 0.812. The van der Waals surface area contributed by atoms with Gasteiger partial charge in [-0.1, -0.05) is 25.5 Å². The van der Waals surface area contributed by atoms with E-state index in [0.717, 1.165) is 37.0 Å². The van der Waals surface area contributed by atoms with Gasteiger partial charge in [-0.2, -0.15) is 23.5 Å². The number of Topliss-reactive ketones (excluding diaryl/α,β-unsaturated/α-hetero) is 2. The molecule has 6 N–H and O–H groups in total. The van der Waals surface area contributed by atoms with Gasteiger partial charge in [-0.25, -0.2) is 0 Å². The first kappa shape index (κ1) is 26.5. The molecular weight excluding hydrogens is 382 g/mol. The lowest BCUT2D eigenvalue weighted by Crippen LogP contribution is -2.50. The molecule has 0 saturated heterocycles. The third kappa shape index (κ3) is 14.2. The lowest BCUT2D eigenvalue weighted by atomic mass is 10.0. The van der Waals surface area contributed by atoms with Crippen LogP contribution in [0.2, 0.25) is 12.6 Å². The Hall–Kier alpha value is -0.480. The number of carbonyl (C=O) groups is 3. The van der Waals surface area contributed by atoms with Gasteiger partial charge in [0.15, 0.2) is 11.6 Å². The van der Waals surface area contributed by atoms with E-state index in [-0.39, 0.29) is 31.2 Å². The van der Waals surface area contributed by atoms with Crippen LogP contribution < -0.4 is 22.1 Å². The van der Waals surface area contributed by atoms with Crippen molar-refractivity contribution in [2.45, 2.75) is 37.6 Å². The van der Waals surface area contributed by atoms with E-state index in [1.54, 1.807) is 23.5 Å². The highest BCUT2D eigenvalue weighted by Crippen LogP contribution is 2.08. The Morgan fingerprint density at radius 2 is 1.41 bits per heavy atom. The maximum Gasteiger partial charge on any atom is 0.235 e. The summed E-state index contributed by atoms with van der Waals surface area (Å²) in [6.07, 6.45) is 4.38. The van der Waals surface area contributed by atoms with Crippen molar-refractivity contribution < 1.29 is 14.4 Å². The monoisotopic (exact) mass is 416 g/mol. The minimum atomic E-state index is -0.533. The fourth-order valence-corrected chi connectivity index (χ4v) is 4.43. The van der Waals surface area contributed by atoms with Crippen molar-refractivity contribution in [3.8, 4) is 0 Å². The van der Waals surface area contributed by atoms with Crippen molar-refractivity contribution in [1.82, 2.24) is 10.6 Å². The molecule has 1 amide bonds. The van der Waals surface area contributed by atoms with Crippen molar-refractivity contribution in [3.63, 3.8) is 0 Å². The molecular formula is C16H34B2N4O3S2. The lowest BCUT2D eigenvalue weighted by molar-refractivity contribution is -0.121. The second-order valence-electron chi connectivity index (χ2n) is 6.34. The Morgan fingerprint density at radius 1 is 0.889 bits per heavy atom. The number of ketones is 2. The first-order chi connectivity index (χ1) is 13.0. The highest BCUT2D eigenvalue weighted by molar-refractivity contribution is 7.99. The number of carbonyl (C=O) groups excluding carboxylic acids is 3. The molecule has 0 aliphatic heterocycles. The molecule has 0 aliphatic carbocycles. The summed E-state index contributed by atoms with van der Waals surface area (Å²) in [6, 6.07) is -0.981. The van der Waals surface area contributed by atoms with E-state index < -0.39 is 18.0 Å². The number of nitrogens with two attached hydrogens (primary N) is 2. The Kier molecular flexibility index (Phi) is 17.3. The average Bonchev–Trinajstić information content (AvgIpc) is 2.65. The SMILES string of the molecule is BCCCSCC(NCC(=O)C(CSCCCB)NCC(=O)CN)C(N)=O. The van der Waals surface area contributed by atoms with Crippen LogP contribution in [-0.4, -0.2) is 87.9 Å². The van der Waals surface area contributed by atoms with Crippen LogP contribution in [0.3, 0.4) is 0 Å². The first-order valence-corrected chi connectivity index (χ1v) is 11.9. The van der Waals surface area contributed by atoms with Gasteiger partial charge in [0.2, 0.25) is 5.91 Å². The molecule has 0 bridgehead atoms. The zero-order valence-electron chi connectivity index (χ0n) is 16.6. The molecule has 0 heterocycles. The number of amides is 1. The van der Waals surface area contributed by atoms with Gasteiger partial charge in [0, 0.05) is 11.5 Å². The van der Waals surface area contributed by atoms with Crippen molar-refractivity contribution in [2.24, 2.45) is 11.5 Å². The molecule has 7 nitrogen and oxygen atoms in total. The van der Waals surface area contributed by atoms with Crippen LogP contribution in [0.4, 0.5) is 0 Å². The van der Waals surface area contributed by atoms with E-state index in [1.165, 1.54) is 0 Å². The highest BCUT2D eigenvalue weighted by atomic mass is 32.2. The van der Waals surface area contributed by atoms with Gasteiger partial charge >= 0.3 is 0 Å². The third-order valence-electron chi connectivity index (χ3n) is 3.88. The van der Waals surface area contributed by atoms with Crippen LogP contribution in [0.5, 0.6) is 0 Å². The smallest absolute Gasteiger partial charge is 0.235 e. The molecule has 0 radical (unpaired) electrons. The zero-order chi connectivity index (χ0) is 20.5. The number of rotatable bonds is 19. The normalized spacial score (nSPS) is 13.2. The first-order valence-electron chi connectivity index (χ1n) is 9.62. The minimum absolute atomic E-state index is 0.0464. The van der Waals surface area contributed by atoms with Crippen LogP contribution >= 0.6 is 23.5 Å². The molecule has 0 spiro atoms. The summed E-state index contributed by atoms with van der Waals surface area (Å²) in [7, 11) is 4.23. The molecule has 0 aliphatic rings. The number of hydrogen-bond acceptors (Lipinski definition) is 8. The van der Waals surface area contributed by atoms with Gasteiger partial charge in [-0.3, -0.25) is 25.0 Å². The van der Waals surface area contributed by atoms with Crippen molar-refractivity contribution >= 4 is 56.7 Å². The Labute approximate surface area is 173 Å². The van der Waals surface area contributed by atoms with Gasteiger partial charge in [-0.15, -0.1) is 0 Å². The molecule has 0 aromatic heterocycles. The standard InChI is InChI=1S/C16H34B2N4O3S2/c17-3-1-5-26-10-13(21-8-12(23)7-19)15(24)9-22-14(16(20)25)11-27-6-2-4-18/h13-14,21-22H,1-11,17-19H2,(H2,20,25). The molecule has 0 saturated carbocycles. The van der Waals surface area contributed by atoms with E-state index in [1.807, 2.05) is 0 Å². The summed E-state index contributed by atoms with van der Waals surface area (Å²) < 4.78 is 0. The Balaban J connectivity index is 4.53. The van der Waals surface area contributed by atoms with E-state index in [9.17, 15) is 14.4 Å². The average molecular weight is 416 g/mol. The quantitative estimate of drug-likeness (QED) is 0.139. The van der Waals surface area contributed by atoms with Gasteiger partial charge in [-0.05, 0) is 11.5 Å². The van der Waals surface area contributed by atoms with E-state index in [0.29, 0.717) is 11.5 Å². The summed E-state index contributed by atoms with van der Waals surface area (Å²) in [4.78, 5) is 35.6. The Bertz CT molecular complexity index is 448. The van der Waals surface area contributed by atoms with Gasteiger partial charge in [0.1, 0.15) is 15.7 Å². The molecule has 11 heteroatoms. The van der Waals surface area contributed by atoms with Crippen LogP contribution in [0.1, 0.15) is 12.8 Å². The molecule has 27 heavy (non-hydrogen) atoms. The van der Waals surface area contributed by atoms with E-state index in [2.05, 4.69) is 26.3 Å². The summed E-state index contributed by atoms with van der Waals surface area (Å²) in [5.74, 6) is 2.41. The van der Waals surface area contributed by atoms with Gasteiger partial charge in [0.05, 0.1) is 31.7 Å². The number of primary amides is 1. The Morgan fingerprint density at radius 3 is 1.89 bits per heavy atom. The van der Waals surface area contributed by atoms with Gasteiger partial charge < -0.3 is 11.5 Å². The second kappa shape index (κ2) is 17.6. The molecule has 2 atom stereocenters. The van der Waals surface area contributed by atoms with Crippen molar-refractivity contribution in [2.75, 3.05) is 42.6 Å². The predicted octanol–water partition coefficient (Wildman–Crippen LogP) is -2.17. The fourth-order valence-electron chi connectivity index (χ4n) is 2.06. The van der Waals surface area contributed by atoms with E-state index in [4.69, 9.17) is 11.5 Å². The highest BCUT2D eigenvalue weighted by Gasteiger charge is 2.22. The summed E-state index contributed by atoms with van der Waals surface area (Å²) >= 11 is 3.34. The predicted molar refractivity (Wildman–Crippen MR) is 122 cm³/mol. The maximum absolute atomic E-state index is 12.6. The van der Waals surface area contributed by atoms with Crippen molar-refractivity contribution in [3.05, 3.63) is 0 Å².